The number of hydrogen-bond donors (Lipinski definition) is 1. The molecule has 0 aromatic carbocycles. The van der Waals surface area contributed by atoms with Crippen LogP contribution < -0.4 is 5.32 Å². The van der Waals surface area contributed by atoms with Crippen molar-refractivity contribution in [1.29, 1.82) is 0 Å². The summed E-state index contributed by atoms with van der Waals surface area (Å²) >= 11 is 0. The summed E-state index contributed by atoms with van der Waals surface area (Å²) < 4.78 is 7.35. The summed E-state index contributed by atoms with van der Waals surface area (Å²) in [5, 5.41) is 8.19. The van der Waals surface area contributed by atoms with Crippen LogP contribution >= 0.6 is 0 Å². The SMILES string of the molecule is CCCNC(Cc1ccn(C)n1)C1CCOCC1. The van der Waals surface area contributed by atoms with Crippen LogP contribution in [-0.4, -0.2) is 35.6 Å². The molecule has 0 aliphatic carbocycles. The number of hydrogen-bond acceptors (Lipinski definition) is 3. The van der Waals surface area contributed by atoms with E-state index in [0.717, 1.165) is 32.1 Å². The topological polar surface area (TPSA) is 39.1 Å². The van der Waals surface area contributed by atoms with E-state index in [9.17, 15) is 0 Å². The van der Waals surface area contributed by atoms with Crippen molar-refractivity contribution < 1.29 is 4.74 Å². The fourth-order valence-electron chi connectivity index (χ4n) is 2.65. The Bertz CT molecular complexity index is 345. The largest absolute Gasteiger partial charge is 0.381 e. The van der Waals surface area contributed by atoms with Gasteiger partial charge in [0.1, 0.15) is 0 Å². The second-order valence-electron chi connectivity index (χ2n) is 5.20. The first kappa shape index (κ1) is 13.6. The number of aryl methyl sites for hydroxylation is 1. The number of nitrogens with zero attached hydrogens (tertiary/aromatic N) is 2. The number of aromatic nitrogens is 2. The Morgan fingerprint density at radius 2 is 2.28 bits per heavy atom. The van der Waals surface area contributed by atoms with Crippen LogP contribution in [-0.2, 0) is 18.2 Å². The van der Waals surface area contributed by atoms with E-state index in [2.05, 4.69) is 23.4 Å². The van der Waals surface area contributed by atoms with Gasteiger partial charge in [-0.3, -0.25) is 4.68 Å². The summed E-state index contributed by atoms with van der Waals surface area (Å²) in [5.74, 6) is 0.729. The van der Waals surface area contributed by atoms with Gasteiger partial charge in [0.2, 0.25) is 0 Å². The molecule has 2 rings (SSSR count). The molecular weight excluding hydrogens is 226 g/mol. The zero-order valence-electron chi connectivity index (χ0n) is 11.6. The van der Waals surface area contributed by atoms with Crippen molar-refractivity contribution >= 4 is 0 Å². The van der Waals surface area contributed by atoms with Gasteiger partial charge in [-0.25, -0.2) is 0 Å². The summed E-state index contributed by atoms with van der Waals surface area (Å²) in [7, 11) is 1.98. The van der Waals surface area contributed by atoms with Crippen molar-refractivity contribution in [1.82, 2.24) is 15.1 Å². The van der Waals surface area contributed by atoms with E-state index in [0.29, 0.717) is 6.04 Å². The summed E-state index contributed by atoms with van der Waals surface area (Å²) in [6, 6.07) is 2.67. The van der Waals surface area contributed by atoms with E-state index in [1.807, 2.05) is 17.9 Å². The van der Waals surface area contributed by atoms with Crippen LogP contribution in [0.25, 0.3) is 0 Å². The second kappa shape index (κ2) is 6.90. The van der Waals surface area contributed by atoms with E-state index in [1.54, 1.807) is 0 Å². The van der Waals surface area contributed by atoms with Gasteiger partial charge in [-0.05, 0) is 37.8 Å². The van der Waals surface area contributed by atoms with Crippen LogP contribution in [0, 0.1) is 5.92 Å². The molecule has 4 heteroatoms. The predicted octanol–water partition coefficient (Wildman–Crippen LogP) is 1.76. The Labute approximate surface area is 110 Å². The fraction of sp³-hybridized carbons (Fsp3) is 0.786. The minimum atomic E-state index is 0.545. The van der Waals surface area contributed by atoms with Crippen LogP contribution in [0.3, 0.4) is 0 Å². The maximum absolute atomic E-state index is 5.46. The average molecular weight is 251 g/mol. The van der Waals surface area contributed by atoms with E-state index in [1.165, 1.54) is 25.0 Å². The van der Waals surface area contributed by atoms with Gasteiger partial charge in [-0.1, -0.05) is 6.92 Å². The van der Waals surface area contributed by atoms with E-state index in [-0.39, 0.29) is 0 Å². The van der Waals surface area contributed by atoms with Gasteiger partial charge in [-0.15, -0.1) is 0 Å². The highest BCUT2D eigenvalue weighted by Gasteiger charge is 2.24. The highest BCUT2D eigenvalue weighted by atomic mass is 16.5. The zero-order chi connectivity index (χ0) is 12.8. The van der Waals surface area contributed by atoms with Gasteiger partial charge in [0.15, 0.2) is 0 Å². The highest BCUT2D eigenvalue weighted by molar-refractivity contribution is 5.02. The van der Waals surface area contributed by atoms with Crippen molar-refractivity contribution in [2.24, 2.45) is 13.0 Å². The Morgan fingerprint density at radius 1 is 1.50 bits per heavy atom. The standard InChI is InChI=1S/C14H25N3O/c1-3-7-15-14(12-5-9-18-10-6-12)11-13-4-8-17(2)16-13/h4,8,12,14-15H,3,5-7,9-11H2,1-2H3. The first-order chi connectivity index (χ1) is 8.79. The first-order valence-electron chi connectivity index (χ1n) is 7.09. The summed E-state index contributed by atoms with van der Waals surface area (Å²) in [5.41, 5.74) is 1.19. The number of nitrogens with one attached hydrogen (secondary N) is 1. The third-order valence-corrected chi connectivity index (χ3v) is 3.69. The normalized spacial score (nSPS) is 19.0. The lowest BCUT2D eigenvalue weighted by atomic mass is 9.89. The van der Waals surface area contributed by atoms with Crippen molar-refractivity contribution in [2.45, 2.75) is 38.6 Å². The molecule has 1 aliphatic rings. The highest BCUT2D eigenvalue weighted by Crippen LogP contribution is 2.21. The third-order valence-electron chi connectivity index (χ3n) is 3.69. The molecule has 1 saturated heterocycles. The summed E-state index contributed by atoms with van der Waals surface area (Å²) in [4.78, 5) is 0. The lowest BCUT2D eigenvalue weighted by Gasteiger charge is -2.30. The molecule has 1 unspecified atom stereocenters. The molecule has 0 radical (unpaired) electrons. The first-order valence-corrected chi connectivity index (χ1v) is 7.09. The van der Waals surface area contributed by atoms with Crippen molar-refractivity contribution in [3.63, 3.8) is 0 Å². The Hall–Kier alpha value is -0.870. The average Bonchev–Trinajstić information content (AvgIpc) is 2.81. The Balaban J connectivity index is 1.94. The van der Waals surface area contributed by atoms with Gasteiger partial charge >= 0.3 is 0 Å². The summed E-state index contributed by atoms with van der Waals surface area (Å²) in [6.45, 7) is 5.14. The molecule has 0 saturated carbocycles. The molecule has 102 valence electrons. The molecule has 0 spiro atoms. The fourth-order valence-corrected chi connectivity index (χ4v) is 2.65. The molecule has 1 fully saturated rings. The molecule has 1 aliphatic heterocycles. The van der Waals surface area contributed by atoms with Crippen molar-refractivity contribution in [2.75, 3.05) is 19.8 Å². The minimum Gasteiger partial charge on any atom is -0.381 e. The van der Waals surface area contributed by atoms with Crippen LogP contribution in [0.2, 0.25) is 0 Å². The lowest BCUT2D eigenvalue weighted by molar-refractivity contribution is 0.0536. The van der Waals surface area contributed by atoms with Crippen LogP contribution in [0.5, 0.6) is 0 Å². The number of rotatable bonds is 6. The zero-order valence-corrected chi connectivity index (χ0v) is 11.6. The van der Waals surface area contributed by atoms with Crippen LogP contribution in [0.15, 0.2) is 12.3 Å². The molecule has 18 heavy (non-hydrogen) atoms. The van der Waals surface area contributed by atoms with E-state index >= 15 is 0 Å². The lowest BCUT2D eigenvalue weighted by Crippen LogP contribution is -2.41. The molecule has 0 amide bonds. The van der Waals surface area contributed by atoms with Gasteiger partial charge in [0, 0.05) is 38.9 Å². The minimum absolute atomic E-state index is 0.545. The van der Waals surface area contributed by atoms with Crippen LogP contribution in [0.4, 0.5) is 0 Å². The van der Waals surface area contributed by atoms with Gasteiger partial charge in [-0.2, -0.15) is 5.10 Å². The van der Waals surface area contributed by atoms with Crippen LogP contribution in [0.1, 0.15) is 31.9 Å². The summed E-state index contributed by atoms with van der Waals surface area (Å²) in [6.07, 6.45) is 6.59. The van der Waals surface area contributed by atoms with E-state index in [4.69, 9.17) is 4.74 Å². The molecule has 1 atom stereocenters. The predicted molar refractivity (Wildman–Crippen MR) is 72.5 cm³/mol. The van der Waals surface area contributed by atoms with Gasteiger partial charge in [0.25, 0.3) is 0 Å². The third kappa shape index (κ3) is 3.82. The molecule has 1 aromatic rings. The second-order valence-corrected chi connectivity index (χ2v) is 5.20. The molecule has 4 nitrogen and oxygen atoms in total. The van der Waals surface area contributed by atoms with Gasteiger partial charge < -0.3 is 10.1 Å². The molecule has 1 aromatic heterocycles. The maximum atomic E-state index is 5.46. The van der Waals surface area contributed by atoms with Gasteiger partial charge in [0.05, 0.1) is 5.69 Å². The monoisotopic (exact) mass is 251 g/mol. The molecule has 0 bridgehead atoms. The maximum Gasteiger partial charge on any atom is 0.0640 e. The van der Waals surface area contributed by atoms with Crippen molar-refractivity contribution in [3.05, 3.63) is 18.0 Å². The van der Waals surface area contributed by atoms with E-state index < -0.39 is 0 Å². The Kier molecular flexibility index (Phi) is 5.20. The Morgan fingerprint density at radius 3 is 2.89 bits per heavy atom. The molecular formula is C14H25N3O. The number of ether oxygens (including phenoxy) is 1. The quantitative estimate of drug-likeness (QED) is 0.837. The molecule has 2 heterocycles. The smallest absolute Gasteiger partial charge is 0.0640 e. The van der Waals surface area contributed by atoms with Crippen molar-refractivity contribution in [3.8, 4) is 0 Å². The molecule has 1 N–H and O–H groups in total.